The molecule has 4 rings (SSSR count). The predicted molar refractivity (Wildman–Crippen MR) is 127 cm³/mol. The molecule has 1 aliphatic heterocycles. The molecule has 0 spiro atoms. The van der Waals surface area contributed by atoms with Crippen LogP contribution in [0, 0.1) is 5.82 Å². The smallest absolute Gasteiger partial charge is 0.227 e. The van der Waals surface area contributed by atoms with E-state index in [1.807, 2.05) is 6.07 Å². The quantitative estimate of drug-likeness (QED) is 0.538. The molecule has 9 heteroatoms. The number of halogens is 1. The van der Waals surface area contributed by atoms with Crippen molar-refractivity contribution in [2.75, 3.05) is 13.2 Å². The van der Waals surface area contributed by atoms with Gasteiger partial charge in [-0.15, -0.1) is 0 Å². The molecule has 2 heterocycles. The number of amides is 2. The molecular formula is C26H35FN4O4. The monoisotopic (exact) mass is 486 g/mol. The largest absolute Gasteiger partial charge is 0.376 e. The molecule has 1 aromatic carbocycles. The Morgan fingerprint density at radius 3 is 2.69 bits per heavy atom. The van der Waals surface area contributed by atoms with Crippen molar-refractivity contribution in [3.05, 3.63) is 47.4 Å². The van der Waals surface area contributed by atoms with Crippen molar-refractivity contribution in [2.45, 2.75) is 89.3 Å². The lowest BCUT2D eigenvalue weighted by atomic mass is 9.89. The van der Waals surface area contributed by atoms with E-state index < -0.39 is 5.54 Å². The fraction of sp³-hybridized carbons (Fsp3) is 0.615. The maximum Gasteiger partial charge on any atom is 0.227 e. The average Bonchev–Trinajstić information content (AvgIpc) is 3.46. The summed E-state index contributed by atoms with van der Waals surface area (Å²) in [6.07, 6.45) is 8.12. The number of carbonyl (C=O) groups is 2. The minimum atomic E-state index is -0.614. The molecule has 1 saturated heterocycles. The zero-order valence-electron chi connectivity index (χ0n) is 20.4. The minimum Gasteiger partial charge on any atom is -0.376 e. The van der Waals surface area contributed by atoms with Gasteiger partial charge in [0.05, 0.1) is 6.10 Å². The van der Waals surface area contributed by atoms with Gasteiger partial charge in [-0.25, -0.2) is 4.39 Å². The van der Waals surface area contributed by atoms with Crippen LogP contribution in [0.4, 0.5) is 4.39 Å². The highest BCUT2D eigenvalue weighted by Crippen LogP contribution is 2.34. The molecule has 35 heavy (non-hydrogen) atoms. The average molecular weight is 487 g/mol. The molecule has 2 aliphatic rings. The fourth-order valence-electron chi connectivity index (χ4n) is 5.14. The van der Waals surface area contributed by atoms with Crippen molar-refractivity contribution >= 4 is 11.8 Å². The molecule has 1 N–H and O–H groups in total. The van der Waals surface area contributed by atoms with Crippen LogP contribution < -0.4 is 5.32 Å². The summed E-state index contributed by atoms with van der Waals surface area (Å²) in [5, 5.41) is 7.28. The Morgan fingerprint density at radius 1 is 1.20 bits per heavy atom. The Balaban J connectivity index is 1.42. The van der Waals surface area contributed by atoms with Crippen LogP contribution in [0.25, 0.3) is 0 Å². The first-order valence-corrected chi connectivity index (χ1v) is 12.7. The van der Waals surface area contributed by atoms with Gasteiger partial charge in [0.2, 0.25) is 17.7 Å². The zero-order chi connectivity index (χ0) is 24.7. The molecule has 1 unspecified atom stereocenters. The van der Waals surface area contributed by atoms with Crippen LogP contribution >= 0.6 is 0 Å². The summed E-state index contributed by atoms with van der Waals surface area (Å²) in [6, 6.07) is 6.31. The maximum absolute atomic E-state index is 13.7. The number of nitrogens with one attached hydrogen (secondary N) is 1. The van der Waals surface area contributed by atoms with Crippen LogP contribution in [0.5, 0.6) is 0 Å². The fourth-order valence-corrected chi connectivity index (χ4v) is 5.14. The second-order valence-electron chi connectivity index (χ2n) is 9.73. The standard InChI is InChI=1S/C26H35FN4O4/c1-19(32)29-26(13-4-2-3-5-14-26)25-28-23(35-30-25)11-12-24(33)31(18-22-10-7-15-34-22)17-20-8-6-9-21(27)16-20/h6,8-9,16,22H,2-5,7,10-15,17-18H2,1H3,(H,29,32). The van der Waals surface area contributed by atoms with Crippen LogP contribution in [-0.4, -0.2) is 46.1 Å². The normalized spacial score (nSPS) is 19.8. The lowest BCUT2D eigenvalue weighted by Gasteiger charge is -2.30. The van der Waals surface area contributed by atoms with E-state index in [1.54, 1.807) is 11.0 Å². The number of hydrogen-bond donors (Lipinski definition) is 1. The van der Waals surface area contributed by atoms with E-state index in [0.717, 1.165) is 56.9 Å². The highest BCUT2D eigenvalue weighted by atomic mass is 19.1. The van der Waals surface area contributed by atoms with E-state index in [-0.39, 0.29) is 30.2 Å². The van der Waals surface area contributed by atoms with Crippen LogP contribution in [0.3, 0.4) is 0 Å². The Labute approximate surface area is 205 Å². The molecule has 2 amide bonds. The van der Waals surface area contributed by atoms with Gasteiger partial charge in [0.1, 0.15) is 11.4 Å². The maximum atomic E-state index is 13.7. The summed E-state index contributed by atoms with van der Waals surface area (Å²) in [4.78, 5) is 31.4. The summed E-state index contributed by atoms with van der Waals surface area (Å²) in [5.41, 5.74) is 0.124. The SMILES string of the molecule is CC(=O)NC1(c2noc(CCC(=O)N(Cc3cccc(F)c3)CC3CCCO3)n2)CCCCCC1. The van der Waals surface area contributed by atoms with Crippen LogP contribution in [0.2, 0.25) is 0 Å². The summed E-state index contributed by atoms with van der Waals surface area (Å²) in [6.45, 7) is 2.99. The Bertz CT molecular complexity index is 997. The lowest BCUT2D eigenvalue weighted by molar-refractivity contribution is -0.133. The van der Waals surface area contributed by atoms with E-state index in [2.05, 4.69) is 15.5 Å². The molecule has 1 aromatic heterocycles. The summed E-state index contributed by atoms with van der Waals surface area (Å²) in [5.74, 6) is 0.362. The van der Waals surface area contributed by atoms with Gasteiger partial charge in [0, 0.05) is 39.5 Å². The van der Waals surface area contributed by atoms with Crippen LogP contribution in [-0.2, 0) is 32.8 Å². The number of aromatic nitrogens is 2. The van der Waals surface area contributed by atoms with Crippen molar-refractivity contribution in [3.8, 4) is 0 Å². The number of aryl methyl sites for hydroxylation is 1. The first-order valence-electron chi connectivity index (χ1n) is 12.7. The van der Waals surface area contributed by atoms with Crippen LogP contribution in [0.1, 0.15) is 82.0 Å². The molecule has 0 bridgehead atoms. The minimum absolute atomic E-state index is 0.00438. The van der Waals surface area contributed by atoms with Crippen molar-refractivity contribution in [1.29, 1.82) is 0 Å². The van der Waals surface area contributed by atoms with E-state index in [9.17, 15) is 14.0 Å². The van der Waals surface area contributed by atoms with Crippen molar-refractivity contribution in [2.24, 2.45) is 0 Å². The van der Waals surface area contributed by atoms with E-state index >= 15 is 0 Å². The highest BCUT2D eigenvalue weighted by Gasteiger charge is 2.38. The lowest BCUT2D eigenvalue weighted by Crippen LogP contribution is -2.45. The van der Waals surface area contributed by atoms with Gasteiger partial charge in [0.15, 0.2) is 5.82 Å². The first kappa shape index (κ1) is 25.3. The molecule has 2 aromatic rings. The van der Waals surface area contributed by atoms with Gasteiger partial charge in [-0.1, -0.05) is 43.0 Å². The summed E-state index contributed by atoms with van der Waals surface area (Å²) >= 11 is 0. The van der Waals surface area contributed by atoms with Gasteiger partial charge in [0.25, 0.3) is 0 Å². The molecule has 2 fully saturated rings. The molecular weight excluding hydrogens is 451 g/mol. The number of hydrogen-bond acceptors (Lipinski definition) is 6. The first-order chi connectivity index (χ1) is 16.9. The molecule has 8 nitrogen and oxygen atoms in total. The third-order valence-electron chi connectivity index (χ3n) is 6.88. The second kappa shape index (κ2) is 11.7. The highest BCUT2D eigenvalue weighted by molar-refractivity contribution is 5.76. The van der Waals surface area contributed by atoms with E-state index in [4.69, 9.17) is 9.26 Å². The van der Waals surface area contributed by atoms with Crippen LogP contribution in [0.15, 0.2) is 28.8 Å². The van der Waals surface area contributed by atoms with Crippen molar-refractivity contribution < 1.29 is 23.2 Å². The molecule has 190 valence electrons. The van der Waals surface area contributed by atoms with Gasteiger partial charge >= 0.3 is 0 Å². The number of benzene rings is 1. The van der Waals surface area contributed by atoms with E-state index in [1.165, 1.54) is 19.1 Å². The third kappa shape index (κ3) is 6.87. The Hall–Kier alpha value is -2.81. The number of carbonyl (C=O) groups excluding carboxylic acids is 2. The van der Waals surface area contributed by atoms with Gasteiger partial charge in [-0.2, -0.15) is 4.98 Å². The topological polar surface area (TPSA) is 97.6 Å². The van der Waals surface area contributed by atoms with Gasteiger partial charge in [-0.05, 0) is 43.4 Å². The summed E-state index contributed by atoms with van der Waals surface area (Å²) < 4.78 is 24.9. The van der Waals surface area contributed by atoms with Crippen molar-refractivity contribution in [3.63, 3.8) is 0 Å². The molecule has 1 aliphatic carbocycles. The van der Waals surface area contributed by atoms with Gasteiger partial charge in [-0.3, -0.25) is 9.59 Å². The second-order valence-corrected chi connectivity index (χ2v) is 9.73. The van der Waals surface area contributed by atoms with E-state index in [0.29, 0.717) is 37.8 Å². The molecule has 1 atom stereocenters. The third-order valence-corrected chi connectivity index (χ3v) is 6.88. The van der Waals surface area contributed by atoms with Crippen molar-refractivity contribution in [1.82, 2.24) is 20.4 Å². The summed E-state index contributed by atoms with van der Waals surface area (Å²) in [7, 11) is 0. The zero-order valence-corrected chi connectivity index (χ0v) is 20.4. The molecule has 0 radical (unpaired) electrons. The number of nitrogens with zero attached hydrogens (tertiary/aromatic N) is 3. The Morgan fingerprint density at radius 2 is 2.00 bits per heavy atom. The molecule has 1 saturated carbocycles. The number of ether oxygens (including phenoxy) is 1. The van der Waals surface area contributed by atoms with Gasteiger partial charge < -0.3 is 19.5 Å². The number of rotatable bonds is 9. The Kier molecular flexibility index (Phi) is 8.49. The predicted octanol–water partition coefficient (Wildman–Crippen LogP) is 4.03.